The number of ether oxygens (including phenoxy) is 1. The zero-order chi connectivity index (χ0) is 26.6. The van der Waals surface area contributed by atoms with Gasteiger partial charge in [0, 0.05) is 31.5 Å². The Morgan fingerprint density at radius 2 is 1.89 bits per heavy atom. The normalized spacial score (nSPS) is 17.8. The first-order valence-corrected chi connectivity index (χ1v) is 12.3. The summed E-state index contributed by atoms with van der Waals surface area (Å²) in [5.41, 5.74) is 1.47. The van der Waals surface area contributed by atoms with E-state index in [4.69, 9.17) is 4.74 Å². The molecule has 0 bridgehead atoms. The second-order valence-electron chi connectivity index (χ2n) is 10.3. The van der Waals surface area contributed by atoms with Gasteiger partial charge in [-0.1, -0.05) is 13.0 Å². The van der Waals surface area contributed by atoms with Gasteiger partial charge in [-0.05, 0) is 57.4 Å². The number of piperidine rings is 1. The monoisotopic (exact) mass is 510 g/mol. The highest BCUT2D eigenvalue weighted by atomic mass is 19.1. The first-order chi connectivity index (χ1) is 17.6. The van der Waals surface area contributed by atoms with Crippen molar-refractivity contribution in [2.45, 2.75) is 52.3 Å². The number of nitrogens with zero attached hydrogens (tertiary/aromatic N) is 4. The smallest absolute Gasteiger partial charge is 0.407 e. The molecular formula is C27H32F2N6O2. The SMILES string of the molecule is CC1CC(NC(=O)OC(C)(C)C)CN(c2ccncc2NCc2ccnc(-c3c(F)cccc3F)n2)C1. The van der Waals surface area contributed by atoms with Crippen LogP contribution in [0.3, 0.4) is 0 Å². The van der Waals surface area contributed by atoms with Crippen molar-refractivity contribution in [2.24, 2.45) is 5.92 Å². The van der Waals surface area contributed by atoms with E-state index < -0.39 is 23.3 Å². The standard InChI is InChI=1S/C27H32F2N6O2/c1-17-12-19(34-26(36)37-27(2,3)4)16-35(15-17)23-9-10-30-14-22(23)32-13-18-8-11-31-25(33-18)24-20(28)6-5-7-21(24)29/h5-11,14,17,19,32H,12-13,15-16H2,1-4H3,(H,34,36). The fourth-order valence-corrected chi connectivity index (χ4v) is 4.44. The summed E-state index contributed by atoms with van der Waals surface area (Å²) in [5, 5.41) is 6.34. The number of hydrogen-bond donors (Lipinski definition) is 2. The van der Waals surface area contributed by atoms with E-state index in [1.807, 2.05) is 26.8 Å². The van der Waals surface area contributed by atoms with Crippen LogP contribution in [0.15, 0.2) is 48.9 Å². The molecular weight excluding hydrogens is 478 g/mol. The molecule has 2 atom stereocenters. The second kappa shape index (κ2) is 11.1. The highest BCUT2D eigenvalue weighted by Gasteiger charge is 2.29. The van der Waals surface area contributed by atoms with Crippen LogP contribution in [0.4, 0.5) is 25.0 Å². The molecule has 0 saturated carbocycles. The lowest BCUT2D eigenvalue weighted by atomic mass is 9.95. The topological polar surface area (TPSA) is 92.3 Å². The van der Waals surface area contributed by atoms with Crippen LogP contribution >= 0.6 is 0 Å². The van der Waals surface area contributed by atoms with Gasteiger partial charge in [-0.25, -0.2) is 23.5 Å². The van der Waals surface area contributed by atoms with Gasteiger partial charge in [-0.15, -0.1) is 0 Å². The van der Waals surface area contributed by atoms with Crippen LogP contribution in [0.25, 0.3) is 11.4 Å². The van der Waals surface area contributed by atoms with E-state index in [-0.39, 0.29) is 17.4 Å². The van der Waals surface area contributed by atoms with Crippen LogP contribution < -0.4 is 15.5 Å². The minimum absolute atomic E-state index is 0.0118. The summed E-state index contributed by atoms with van der Waals surface area (Å²) in [6.07, 6.45) is 5.35. The van der Waals surface area contributed by atoms with Gasteiger partial charge in [-0.3, -0.25) is 4.98 Å². The number of anilines is 2. The maximum Gasteiger partial charge on any atom is 0.407 e. The van der Waals surface area contributed by atoms with Gasteiger partial charge in [-0.2, -0.15) is 0 Å². The number of benzene rings is 1. The molecule has 1 amide bonds. The average Bonchev–Trinajstić information content (AvgIpc) is 2.81. The first-order valence-electron chi connectivity index (χ1n) is 12.3. The fourth-order valence-electron chi connectivity index (χ4n) is 4.44. The van der Waals surface area contributed by atoms with Gasteiger partial charge >= 0.3 is 6.09 Å². The third-order valence-corrected chi connectivity index (χ3v) is 5.88. The highest BCUT2D eigenvalue weighted by molar-refractivity contribution is 5.70. The first kappa shape index (κ1) is 26.2. The van der Waals surface area contributed by atoms with Gasteiger partial charge < -0.3 is 20.3 Å². The number of nitrogens with one attached hydrogen (secondary N) is 2. The van der Waals surface area contributed by atoms with E-state index in [0.717, 1.165) is 24.3 Å². The molecule has 4 rings (SSSR count). The van der Waals surface area contributed by atoms with Crippen molar-refractivity contribution in [3.8, 4) is 11.4 Å². The number of carbonyl (C=O) groups is 1. The van der Waals surface area contributed by atoms with Crippen LogP contribution in [0.5, 0.6) is 0 Å². The maximum atomic E-state index is 14.2. The Morgan fingerprint density at radius 3 is 2.62 bits per heavy atom. The zero-order valence-corrected chi connectivity index (χ0v) is 21.5. The Kier molecular flexibility index (Phi) is 7.85. The lowest BCUT2D eigenvalue weighted by molar-refractivity contribution is 0.0495. The molecule has 10 heteroatoms. The number of alkyl carbamates (subject to hydrolysis) is 1. The Hall–Kier alpha value is -3.82. The lowest BCUT2D eigenvalue weighted by Crippen LogP contribution is -2.51. The van der Waals surface area contributed by atoms with Crippen LogP contribution in [0.1, 0.15) is 39.8 Å². The summed E-state index contributed by atoms with van der Waals surface area (Å²) in [5.74, 6) is -1.10. The van der Waals surface area contributed by atoms with Crippen molar-refractivity contribution in [1.29, 1.82) is 0 Å². The quantitative estimate of drug-likeness (QED) is 0.473. The minimum Gasteiger partial charge on any atom is -0.444 e. The Bertz CT molecular complexity index is 1230. The van der Waals surface area contributed by atoms with E-state index in [1.54, 1.807) is 18.5 Å². The molecule has 0 spiro atoms. The summed E-state index contributed by atoms with van der Waals surface area (Å²) in [6, 6.07) is 7.21. The molecule has 1 saturated heterocycles. The van der Waals surface area contributed by atoms with E-state index in [1.165, 1.54) is 24.4 Å². The van der Waals surface area contributed by atoms with Crippen molar-refractivity contribution in [3.05, 3.63) is 66.3 Å². The molecule has 1 aromatic carbocycles. The number of amides is 1. The van der Waals surface area contributed by atoms with Crippen molar-refractivity contribution >= 4 is 17.5 Å². The molecule has 8 nitrogen and oxygen atoms in total. The van der Waals surface area contributed by atoms with Crippen LogP contribution in [-0.4, -0.2) is 45.8 Å². The predicted octanol–water partition coefficient (Wildman–Crippen LogP) is 5.17. The third-order valence-electron chi connectivity index (χ3n) is 5.88. The van der Waals surface area contributed by atoms with Gasteiger partial charge in [0.1, 0.15) is 17.2 Å². The Balaban J connectivity index is 1.47. The molecule has 2 N–H and O–H groups in total. The molecule has 37 heavy (non-hydrogen) atoms. The maximum absolute atomic E-state index is 14.2. The Labute approximate surface area is 215 Å². The molecule has 196 valence electrons. The van der Waals surface area contributed by atoms with Gasteiger partial charge in [0.15, 0.2) is 5.82 Å². The Morgan fingerprint density at radius 1 is 1.14 bits per heavy atom. The molecule has 2 aromatic heterocycles. The second-order valence-corrected chi connectivity index (χ2v) is 10.3. The van der Waals surface area contributed by atoms with Crippen molar-refractivity contribution in [2.75, 3.05) is 23.3 Å². The molecule has 1 fully saturated rings. The van der Waals surface area contributed by atoms with E-state index in [0.29, 0.717) is 24.7 Å². The average molecular weight is 511 g/mol. The largest absolute Gasteiger partial charge is 0.444 e. The van der Waals surface area contributed by atoms with E-state index in [2.05, 4.69) is 37.4 Å². The highest BCUT2D eigenvalue weighted by Crippen LogP contribution is 2.30. The van der Waals surface area contributed by atoms with Gasteiger partial charge in [0.05, 0.1) is 35.4 Å². The minimum atomic E-state index is -0.714. The fraction of sp³-hybridized carbons (Fsp3) is 0.407. The van der Waals surface area contributed by atoms with Crippen molar-refractivity contribution in [1.82, 2.24) is 20.3 Å². The number of carbonyl (C=O) groups excluding carboxylic acids is 1. The van der Waals surface area contributed by atoms with Crippen LogP contribution in [-0.2, 0) is 11.3 Å². The number of hydrogen-bond acceptors (Lipinski definition) is 7. The van der Waals surface area contributed by atoms with Gasteiger partial charge in [0.2, 0.25) is 0 Å². The number of aromatic nitrogens is 3. The molecule has 1 aliphatic heterocycles. The number of rotatable bonds is 6. The third kappa shape index (κ3) is 6.90. The molecule has 3 aromatic rings. The van der Waals surface area contributed by atoms with Crippen molar-refractivity contribution < 1.29 is 18.3 Å². The zero-order valence-electron chi connectivity index (χ0n) is 21.5. The molecule has 2 unspecified atom stereocenters. The van der Waals surface area contributed by atoms with Crippen LogP contribution in [0, 0.1) is 17.6 Å². The summed E-state index contributed by atoms with van der Waals surface area (Å²) in [6.45, 7) is 9.39. The number of halogens is 2. The van der Waals surface area contributed by atoms with E-state index >= 15 is 0 Å². The molecule has 0 radical (unpaired) electrons. The molecule has 3 heterocycles. The molecule has 1 aliphatic rings. The molecule has 0 aliphatic carbocycles. The summed E-state index contributed by atoms with van der Waals surface area (Å²) >= 11 is 0. The summed E-state index contributed by atoms with van der Waals surface area (Å²) < 4.78 is 33.9. The van der Waals surface area contributed by atoms with Gasteiger partial charge in [0.25, 0.3) is 0 Å². The van der Waals surface area contributed by atoms with E-state index in [9.17, 15) is 13.6 Å². The summed E-state index contributed by atoms with van der Waals surface area (Å²) in [7, 11) is 0. The lowest BCUT2D eigenvalue weighted by Gasteiger charge is -2.39. The number of pyridine rings is 1. The van der Waals surface area contributed by atoms with Crippen molar-refractivity contribution in [3.63, 3.8) is 0 Å². The predicted molar refractivity (Wildman–Crippen MR) is 138 cm³/mol. The summed E-state index contributed by atoms with van der Waals surface area (Å²) in [4.78, 5) is 27.2. The van der Waals surface area contributed by atoms with Crippen LogP contribution in [0.2, 0.25) is 0 Å².